The van der Waals surface area contributed by atoms with E-state index in [1.807, 2.05) is 32.2 Å². The fourth-order valence-electron chi connectivity index (χ4n) is 1.46. The van der Waals surface area contributed by atoms with Gasteiger partial charge in [0.15, 0.2) is 0 Å². The Morgan fingerprint density at radius 3 is 2.25 bits per heavy atom. The molecule has 16 heavy (non-hydrogen) atoms. The van der Waals surface area contributed by atoms with E-state index in [9.17, 15) is 0 Å². The van der Waals surface area contributed by atoms with Gasteiger partial charge in [0.2, 0.25) is 0 Å². The van der Waals surface area contributed by atoms with Crippen molar-refractivity contribution in [1.82, 2.24) is 15.2 Å². The Morgan fingerprint density at radius 2 is 1.62 bits per heavy atom. The maximum atomic E-state index is 4.36. The lowest BCUT2D eigenvalue weighted by atomic mass is 10.1. The zero-order valence-corrected chi connectivity index (χ0v) is 9.64. The van der Waals surface area contributed by atoms with Gasteiger partial charge in [0.1, 0.15) is 0 Å². The van der Waals surface area contributed by atoms with Gasteiger partial charge in [-0.25, -0.2) is 0 Å². The molecule has 0 radical (unpaired) electrons. The van der Waals surface area contributed by atoms with E-state index < -0.39 is 0 Å². The highest BCUT2D eigenvalue weighted by atomic mass is 15.1. The summed E-state index contributed by atoms with van der Waals surface area (Å²) in [6.45, 7) is 3.99. The van der Waals surface area contributed by atoms with Gasteiger partial charge in [-0.15, -0.1) is 0 Å². The van der Waals surface area contributed by atoms with E-state index in [1.165, 1.54) is 5.56 Å². The van der Waals surface area contributed by atoms with Crippen molar-refractivity contribution in [3.05, 3.63) is 53.1 Å². The topological polar surface area (TPSA) is 38.7 Å². The molecular weight excluding hydrogens is 198 g/mol. The van der Waals surface area contributed by atoms with E-state index in [0.29, 0.717) is 0 Å². The van der Waals surface area contributed by atoms with Gasteiger partial charge in [-0.05, 0) is 50.5 Å². The highest BCUT2D eigenvalue weighted by Crippen LogP contribution is 2.04. The number of rotatable bonds is 3. The summed E-state index contributed by atoms with van der Waals surface area (Å²) in [6.07, 6.45) is 3.71. The van der Waals surface area contributed by atoms with E-state index in [2.05, 4.69) is 27.3 Å². The summed E-state index contributed by atoms with van der Waals surface area (Å²) in [5.74, 6) is 0. The summed E-state index contributed by atoms with van der Waals surface area (Å²) >= 11 is 0. The molecule has 82 valence electrons. The van der Waals surface area contributed by atoms with Gasteiger partial charge in [-0.3, -0.25) is 4.98 Å². The molecule has 0 saturated carbocycles. The second-order valence-corrected chi connectivity index (χ2v) is 3.99. The van der Waals surface area contributed by atoms with E-state index in [1.54, 1.807) is 0 Å². The standard InChI is InChI=1S/C13H15N3/c1-10-3-5-12(14-9-10)7-8-13-6-4-11(2)15-16-13/h3-6,9H,7-8H2,1-2H3. The Balaban J connectivity index is 1.97. The Bertz CT molecular complexity index is 400. The molecule has 0 amide bonds. The van der Waals surface area contributed by atoms with Crippen molar-refractivity contribution < 1.29 is 0 Å². The maximum Gasteiger partial charge on any atom is 0.0635 e. The Kier molecular flexibility index (Phi) is 3.25. The first-order chi connectivity index (χ1) is 7.74. The third-order valence-electron chi connectivity index (χ3n) is 2.46. The number of pyridine rings is 1. The Hall–Kier alpha value is -1.77. The second kappa shape index (κ2) is 4.84. The van der Waals surface area contributed by atoms with Crippen LogP contribution in [0.25, 0.3) is 0 Å². The maximum absolute atomic E-state index is 4.36. The third-order valence-corrected chi connectivity index (χ3v) is 2.46. The summed E-state index contributed by atoms with van der Waals surface area (Å²) in [6, 6.07) is 8.17. The summed E-state index contributed by atoms with van der Waals surface area (Å²) in [5.41, 5.74) is 4.28. The minimum atomic E-state index is 0.892. The average Bonchev–Trinajstić information content (AvgIpc) is 2.30. The van der Waals surface area contributed by atoms with E-state index in [4.69, 9.17) is 0 Å². The minimum absolute atomic E-state index is 0.892. The van der Waals surface area contributed by atoms with Gasteiger partial charge in [0.05, 0.1) is 11.4 Å². The lowest BCUT2D eigenvalue weighted by Gasteiger charge is -2.01. The number of aryl methyl sites for hydroxylation is 4. The third kappa shape index (κ3) is 2.86. The lowest BCUT2D eigenvalue weighted by Crippen LogP contribution is -1.98. The van der Waals surface area contributed by atoms with Crippen LogP contribution in [0, 0.1) is 13.8 Å². The molecule has 2 aromatic rings. The molecule has 2 rings (SSSR count). The van der Waals surface area contributed by atoms with E-state index >= 15 is 0 Å². The Labute approximate surface area is 95.6 Å². The predicted molar refractivity (Wildman–Crippen MR) is 63.2 cm³/mol. The second-order valence-electron chi connectivity index (χ2n) is 3.99. The number of nitrogens with zero attached hydrogens (tertiary/aromatic N) is 3. The van der Waals surface area contributed by atoms with Crippen molar-refractivity contribution in [3.8, 4) is 0 Å². The molecule has 0 fully saturated rings. The van der Waals surface area contributed by atoms with Crippen LogP contribution in [0.2, 0.25) is 0 Å². The molecule has 0 spiro atoms. The van der Waals surface area contributed by atoms with Gasteiger partial charge >= 0.3 is 0 Å². The molecule has 0 aliphatic carbocycles. The highest BCUT2D eigenvalue weighted by Gasteiger charge is 1.98. The van der Waals surface area contributed by atoms with Crippen molar-refractivity contribution in [2.45, 2.75) is 26.7 Å². The monoisotopic (exact) mass is 213 g/mol. The van der Waals surface area contributed by atoms with Crippen molar-refractivity contribution in [1.29, 1.82) is 0 Å². The van der Waals surface area contributed by atoms with Gasteiger partial charge in [-0.1, -0.05) is 6.07 Å². The lowest BCUT2D eigenvalue weighted by molar-refractivity contribution is 0.828. The summed E-state index contributed by atoms with van der Waals surface area (Å²) in [7, 11) is 0. The molecule has 2 heterocycles. The molecule has 0 unspecified atom stereocenters. The van der Waals surface area contributed by atoms with Crippen LogP contribution in [-0.4, -0.2) is 15.2 Å². The summed E-state index contributed by atoms with van der Waals surface area (Å²) in [4.78, 5) is 4.36. The zero-order valence-electron chi connectivity index (χ0n) is 9.64. The fourth-order valence-corrected chi connectivity index (χ4v) is 1.46. The van der Waals surface area contributed by atoms with Crippen molar-refractivity contribution in [2.24, 2.45) is 0 Å². The van der Waals surface area contributed by atoms with E-state index in [0.717, 1.165) is 29.9 Å². The van der Waals surface area contributed by atoms with Crippen LogP contribution in [0.15, 0.2) is 30.5 Å². The highest BCUT2D eigenvalue weighted by molar-refractivity contribution is 5.14. The van der Waals surface area contributed by atoms with Gasteiger partial charge in [0.25, 0.3) is 0 Å². The molecule has 0 aliphatic rings. The van der Waals surface area contributed by atoms with Gasteiger partial charge < -0.3 is 0 Å². The molecule has 3 nitrogen and oxygen atoms in total. The summed E-state index contributed by atoms with van der Waals surface area (Å²) < 4.78 is 0. The first-order valence-corrected chi connectivity index (χ1v) is 5.45. The van der Waals surface area contributed by atoms with Gasteiger partial charge in [-0.2, -0.15) is 10.2 Å². The van der Waals surface area contributed by atoms with Crippen LogP contribution in [0.3, 0.4) is 0 Å². The number of hydrogen-bond donors (Lipinski definition) is 0. The molecule has 0 N–H and O–H groups in total. The van der Waals surface area contributed by atoms with Crippen LogP contribution in [0.4, 0.5) is 0 Å². The average molecular weight is 213 g/mol. The number of aromatic nitrogens is 3. The van der Waals surface area contributed by atoms with Crippen LogP contribution >= 0.6 is 0 Å². The number of hydrogen-bond acceptors (Lipinski definition) is 3. The van der Waals surface area contributed by atoms with Gasteiger partial charge in [0, 0.05) is 11.9 Å². The first-order valence-electron chi connectivity index (χ1n) is 5.45. The molecule has 0 atom stereocenters. The summed E-state index contributed by atoms with van der Waals surface area (Å²) in [5, 5.41) is 8.17. The largest absolute Gasteiger partial charge is 0.261 e. The fraction of sp³-hybridized carbons (Fsp3) is 0.308. The van der Waals surface area contributed by atoms with Crippen LogP contribution < -0.4 is 0 Å². The quantitative estimate of drug-likeness (QED) is 0.785. The zero-order chi connectivity index (χ0) is 11.4. The molecule has 2 aromatic heterocycles. The molecular formula is C13H15N3. The van der Waals surface area contributed by atoms with Crippen molar-refractivity contribution in [2.75, 3.05) is 0 Å². The first kappa shape index (κ1) is 10.7. The molecule has 0 saturated heterocycles. The molecule has 0 bridgehead atoms. The van der Waals surface area contributed by atoms with Crippen molar-refractivity contribution >= 4 is 0 Å². The SMILES string of the molecule is Cc1ccc(CCc2ccc(C)nn2)nc1. The van der Waals surface area contributed by atoms with Crippen LogP contribution in [0.5, 0.6) is 0 Å². The smallest absolute Gasteiger partial charge is 0.0635 e. The Morgan fingerprint density at radius 1 is 0.875 bits per heavy atom. The molecule has 0 aromatic carbocycles. The molecule has 3 heteroatoms. The molecule has 0 aliphatic heterocycles. The minimum Gasteiger partial charge on any atom is -0.261 e. The van der Waals surface area contributed by atoms with Crippen LogP contribution in [-0.2, 0) is 12.8 Å². The predicted octanol–water partition coefficient (Wildman–Crippen LogP) is 2.27. The van der Waals surface area contributed by atoms with Crippen molar-refractivity contribution in [3.63, 3.8) is 0 Å². The van der Waals surface area contributed by atoms with Crippen LogP contribution in [0.1, 0.15) is 22.6 Å². The normalized spacial score (nSPS) is 10.4. The van der Waals surface area contributed by atoms with E-state index in [-0.39, 0.29) is 0 Å².